The maximum atomic E-state index is 12.4. The van der Waals surface area contributed by atoms with E-state index < -0.39 is 0 Å². The minimum Gasteiger partial charge on any atom is -0.507 e. The van der Waals surface area contributed by atoms with Crippen LogP contribution >= 0.6 is 0 Å². The predicted octanol–water partition coefficient (Wildman–Crippen LogP) is 4.24. The van der Waals surface area contributed by atoms with Crippen molar-refractivity contribution in [2.24, 2.45) is 0 Å². The molecule has 25 heavy (non-hydrogen) atoms. The fourth-order valence-electron chi connectivity index (χ4n) is 2.67. The molecule has 3 aromatic rings. The summed E-state index contributed by atoms with van der Waals surface area (Å²) >= 11 is 0. The fourth-order valence-corrected chi connectivity index (χ4v) is 2.67. The smallest absolute Gasteiger partial charge is 0.259 e. The number of rotatable bonds is 5. The first-order valence-electron chi connectivity index (χ1n) is 7.97. The third kappa shape index (κ3) is 3.98. The zero-order chi connectivity index (χ0) is 17.6. The molecule has 0 saturated carbocycles. The monoisotopic (exact) mass is 333 g/mol. The van der Waals surface area contributed by atoms with E-state index in [4.69, 9.17) is 4.74 Å². The molecule has 0 heterocycles. The molecule has 3 aromatic carbocycles. The first kappa shape index (κ1) is 16.6. The minimum absolute atomic E-state index is 0.0435. The lowest BCUT2D eigenvalue weighted by Crippen LogP contribution is -2.12. The summed E-state index contributed by atoms with van der Waals surface area (Å²) in [6, 6.07) is 22.0. The molecule has 0 aliphatic heterocycles. The standard InChI is InChI=1S/C21H19NO3/c1-25-20-12-11-17(14-16(20)13-15-7-3-2-4-8-15)22-21(24)18-9-5-6-10-19(18)23/h2-12,14,23H,13H2,1H3,(H,22,24). The van der Waals surface area contributed by atoms with Gasteiger partial charge in [0.1, 0.15) is 11.5 Å². The minimum atomic E-state index is -0.353. The highest BCUT2D eigenvalue weighted by molar-refractivity contribution is 6.06. The summed E-state index contributed by atoms with van der Waals surface area (Å²) in [4.78, 5) is 12.4. The summed E-state index contributed by atoms with van der Waals surface area (Å²) in [6.45, 7) is 0. The zero-order valence-corrected chi connectivity index (χ0v) is 13.9. The Labute approximate surface area is 146 Å². The largest absolute Gasteiger partial charge is 0.507 e. The van der Waals surface area contributed by atoms with E-state index in [1.807, 2.05) is 42.5 Å². The number of hydrogen-bond donors (Lipinski definition) is 2. The summed E-state index contributed by atoms with van der Waals surface area (Å²) in [7, 11) is 1.63. The molecule has 0 spiro atoms. The molecule has 0 saturated heterocycles. The van der Waals surface area contributed by atoms with Gasteiger partial charge in [-0.3, -0.25) is 4.79 Å². The molecule has 0 aliphatic rings. The Morgan fingerprint density at radius 3 is 2.44 bits per heavy atom. The van der Waals surface area contributed by atoms with Crippen molar-refractivity contribution in [2.75, 3.05) is 12.4 Å². The number of anilines is 1. The van der Waals surface area contributed by atoms with Gasteiger partial charge < -0.3 is 15.2 Å². The molecule has 0 fully saturated rings. The van der Waals surface area contributed by atoms with Gasteiger partial charge in [-0.15, -0.1) is 0 Å². The van der Waals surface area contributed by atoms with Crippen LogP contribution in [0.4, 0.5) is 5.69 Å². The first-order chi connectivity index (χ1) is 12.2. The number of methoxy groups -OCH3 is 1. The van der Waals surface area contributed by atoms with E-state index in [0.29, 0.717) is 12.1 Å². The van der Waals surface area contributed by atoms with Gasteiger partial charge in [0, 0.05) is 17.7 Å². The van der Waals surface area contributed by atoms with E-state index >= 15 is 0 Å². The van der Waals surface area contributed by atoms with Gasteiger partial charge in [0.25, 0.3) is 5.91 Å². The van der Waals surface area contributed by atoms with Crippen molar-refractivity contribution in [2.45, 2.75) is 6.42 Å². The predicted molar refractivity (Wildman–Crippen MR) is 98.3 cm³/mol. The van der Waals surface area contributed by atoms with Gasteiger partial charge in [0.05, 0.1) is 12.7 Å². The molecule has 0 atom stereocenters. The molecule has 4 nitrogen and oxygen atoms in total. The van der Waals surface area contributed by atoms with Crippen molar-refractivity contribution < 1.29 is 14.6 Å². The molecule has 3 rings (SSSR count). The Bertz CT molecular complexity index is 875. The number of aromatic hydroxyl groups is 1. The van der Waals surface area contributed by atoms with Crippen molar-refractivity contribution >= 4 is 11.6 Å². The average molecular weight is 333 g/mol. The SMILES string of the molecule is COc1ccc(NC(=O)c2ccccc2O)cc1Cc1ccccc1. The van der Waals surface area contributed by atoms with E-state index in [-0.39, 0.29) is 17.2 Å². The van der Waals surface area contributed by atoms with E-state index in [9.17, 15) is 9.90 Å². The van der Waals surface area contributed by atoms with Crippen LogP contribution in [0.25, 0.3) is 0 Å². The maximum Gasteiger partial charge on any atom is 0.259 e. The molecule has 0 bridgehead atoms. The van der Waals surface area contributed by atoms with Gasteiger partial charge in [-0.05, 0) is 35.9 Å². The van der Waals surface area contributed by atoms with Gasteiger partial charge >= 0.3 is 0 Å². The second-order valence-corrected chi connectivity index (χ2v) is 5.66. The number of benzene rings is 3. The normalized spacial score (nSPS) is 10.3. The molecular weight excluding hydrogens is 314 g/mol. The summed E-state index contributed by atoms with van der Waals surface area (Å²) in [5, 5.41) is 12.6. The van der Waals surface area contributed by atoms with Gasteiger partial charge in [-0.1, -0.05) is 42.5 Å². The van der Waals surface area contributed by atoms with Gasteiger partial charge in [-0.2, -0.15) is 0 Å². The van der Waals surface area contributed by atoms with Crippen LogP contribution in [0, 0.1) is 0 Å². The summed E-state index contributed by atoms with van der Waals surface area (Å²) in [5.41, 5.74) is 3.02. The lowest BCUT2D eigenvalue weighted by atomic mass is 10.0. The number of carbonyl (C=O) groups is 1. The highest BCUT2D eigenvalue weighted by Crippen LogP contribution is 2.26. The third-order valence-corrected chi connectivity index (χ3v) is 3.92. The van der Waals surface area contributed by atoms with Crippen LogP contribution in [0.2, 0.25) is 0 Å². The number of phenols is 1. The Morgan fingerprint density at radius 1 is 1.00 bits per heavy atom. The van der Waals surface area contributed by atoms with Crippen molar-refractivity contribution in [3.05, 3.63) is 89.5 Å². The highest BCUT2D eigenvalue weighted by Gasteiger charge is 2.12. The second-order valence-electron chi connectivity index (χ2n) is 5.66. The van der Waals surface area contributed by atoms with Gasteiger partial charge in [0.2, 0.25) is 0 Å². The number of amides is 1. The van der Waals surface area contributed by atoms with Crippen LogP contribution in [0.3, 0.4) is 0 Å². The Kier molecular flexibility index (Phi) is 5.00. The van der Waals surface area contributed by atoms with Crippen LogP contribution in [0.1, 0.15) is 21.5 Å². The number of nitrogens with one attached hydrogen (secondary N) is 1. The van der Waals surface area contributed by atoms with E-state index in [0.717, 1.165) is 16.9 Å². The first-order valence-corrected chi connectivity index (χ1v) is 7.97. The summed E-state index contributed by atoms with van der Waals surface area (Å²) in [6.07, 6.45) is 0.699. The fraction of sp³-hybridized carbons (Fsp3) is 0.0952. The van der Waals surface area contributed by atoms with E-state index in [2.05, 4.69) is 5.32 Å². The highest BCUT2D eigenvalue weighted by atomic mass is 16.5. The van der Waals surface area contributed by atoms with Crippen molar-refractivity contribution in [3.63, 3.8) is 0 Å². The third-order valence-electron chi connectivity index (χ3n) is 3.92. The molecule has 0 radical (unpaired) electrons. The quantitative estimate of drug-likeness (QED) is 0.734. The van der Waals surface area contributed by atoms with Crippen LogP contribution in [-0.4, -0.2) is 18.1 Å². The number of hydrogen-bond acceptors (Lipinski definition) is 3. The Balaban J connectivity index is 1.84. The van der Waals surface area contributed by atoms with Crippen molar-refractivity contribution in [1.29, 1.82) is 0 Å². The van der Waals surface area contributed by atoms with Crippen LogP contribution in [0.15, 0.2) is 72.8 Å². The van der Waals surface area contributed by atoms with Gasteiger partial charge in [0.15, 0.2) is 0 Å². The van der Waals surface area contributed by atoms with Crippen molar-refractivity contribution in [3.8, 4) is 11.5 Å². The summed E-state index contributed by atoms with van der Waals surface area (Å²) < 4.78 is 5.43. The van der Waals surface area contributed by atoms with Gasteiger partial charge in [-0.25, -0.2) is 0 Å². The van der Waals surface area contributed by atoms with Crippen LogP contribution in [0.5, 0.6) is 11.5 Å². The number of carbonyl (C=O) groups excluding carboxylic acids is 1. The van der Waals surface area contributed by atoms with E-state index in [1.165, 1.54) is 6.07 Å². The Morgan fingerprint density at radius 2 is 1.72 bits per heavy atom. The molecule has 0 unspecified atom stereocenters. The Hall–Kier alpha value is -3.27. The molecule has 1 amide bonds. The molecule has 126 valence electrons. The maximum absolute atomic E-state index is 12.4. The van der Waals surface area contributed by atoms with Crippen LogP contribution in [-0.2, 0) is 6.42 Å². The topological polar surface area (TPSA) is 58.6 Å². The van der Waals surface area contributed by atoms with Crippen molar-refractivity contribution in [1.82, 2.24) is 0 Å². The second kappa shape index (κ2) is 7.53. The average Bonchev–Trinajstić information content (AvgIpc) is 2.63. The molecule has 2 N–H and O–H groups in total. The number of ether oxygens (including phenoxy) is 1. The van der Waals surface area contributed by atoms with Crippen LogP contribution < -0.4 is 10.1 Å². The zero-order valence-electron chi connectivity index (χ0n) is 13.9. The lowest BCUT2D eigenvalue weighted by molar-refractivity contribution is 0.102. The molecule has 4 heteroatoms. The summed E-state index contributed by atoms with van der Waals surface area (Å²) in [5.74, 6) is 0.372. The lowest BCUT2D eigenvalue weighted by Gasteiger charge is -2.12. The number of para-hydroxylation sites is 1. The molecule has 0 aliphatic carbocycles. The van der Waals surface area contributed by atoms with E-state index in [1.54, 1.807) is 31.4 Å². The number of phenolic OH excluding ortho intramolecular Hbond substituents is 1. The molecule has 0 aromatic heterocycles. The molecular formula is C21H19NO3.